The highest BCUT2D eigenvalue weighted by atomic mass is 16.5. The van der Waals surface area contributed by atoms with Crippen LogP contribution in [0, 0.1) is 0 Å². The minimum absolute atomic E-state index is 0.0835. The van der Waals surface area contributed by atoms with Gasteiger partial charge < -0.3 is 15.4 Å². The van der Waals surface area contributed by atoms with E-state index in [0.29, 0.717) is 17.2 Å². The maximum Gasteiger partial charge on any atom is 0.325 e. The van der Waals surface area contributed by atoms with Crippen molar-refractivity contribution in [2.75, 3.05) is 18.4 Å². The molecule has 24 heavy (non-hydrogen) atoms. The van der Waals surface area contributed by atoms with E-state index in [1.807, 2.05) is 18.2 Å². The first-order valence-corrected chi connectivity index (χ1v) is 7.33. The molecule has 7 heteroatoms. The first-order chi connectivity index (χ1) is 11.6. The Morgan fingerprint density at radius 1 is 1.08 bits per heavy atom. The summed E-state index contributed by atoms with van der Waals surface area (Å²) in [6, 6.07) is 15.5. The van der Waals surface area contributed by atoms with Crippen molar-refractivity contribution >= 4 is 23.5 Å². The van der Waals surface area contributed by atoms with Crippen LogP contribution in [0.25, 0.3) is 0 Å². The Bertz CT molecular complexity index is 760. The van der Waals surface area contributed by atoms with E-state index >= 15 is 0 Å². The normalized spacial score (nSPS) is 13.6. The summed E-state index contributed by atoms with van der Waals surface area (Å²) in [5.74, 6) is 0.191. The maximum absolute atomic E-state index is 12.1. The summed E-state index contributed by atoms with van der Waals surface area (Å²) in [5, 5.41) is 5.03. The minimum Gasteiger partial charge on any atom is -0.455 e. The van der Waals surface area contributed by atoms with Gasteiger partial charge in [-0.05, 0) is 24.3 Å². The Kier molecular flexibility index (Phi) is 4.42. The van der Waals surface area contributed by atoms with Gasteiger partial charge in [-0.3, -0.25) is 14.5 Å². The number of anilines is 1. The molecule has 1 heterocycles. The Balaban J connectivity index is 1.70. The fourth-order valence-corrected chi connectivity index (χ4v) is 2.22. The number of ether oxygens (including phenoxy) is 1. The smallest absolute Gasteiger partial charge is 0.325 e. The number of carbonyl (C=O) groups is 3. The quantitative estimate of drug-likeness (QED) is 0.823. The number of para-hydroxylation sites is 3. The van der Waals surface area contributed by atoms with Crippen LogP contribution < -0.4 is 15.4 Å². The molecule has 0 bridgehead atoms. The van der Waals surface area contributed by atoms with Crippen molar-refractivity contribution in [2.24, 2.45) is 0 Å². The van der Waals surface area contributed by atoms with Gasteiger partial charge in [0.1, 0.15) is 12.3 Å². The topological polar surface area (TPSA) is 87.7 Å². The van der Waals surface area contributed by atoms with Crippen LogP contribution in [0.4, 0.5) is 10.5 Å². The van der Waals surface area contributed by atoms with E-state index in [9.17, 15) is 14.4 Å². The van der Waals surface area contributed by atoms with Crippen LogP contribution in [-0.4, -0.2) is 35.8 Å². The van der Waals surface area contributed by atoms with Gasteiger partial charge in [0.15, 0.2) is 5.75 Å². The number of urea groups is 1. The molecule has 7 nitrogen and oxygen atoms in total. The van der Waals surface area contributed by atoms with Crippen LogP contribution in [0.1, 0.15) is 0 Å². The van der Waals surface area contributed by atoms with E-state index in [1.165, 1.54) is 0 Å². The molecule has 2 aromatic rings. The second kappa shape index (κ2) is 6.82. The van der Waals surface area contributed by atoms with E-state index in [4.69, 9.17) is 4.74 Å². The van der Waals surface area contributed by atoms with Gasteiger partial charge in [-0.15, -0.1) is 0 Å². The first-order valence-electron chi connectivity index (χ1n) is 7.33. The number of benzene rings is 2. The second-order valence-electron chi connectivity index (χ2n) is 5.10. The van der Waals surface area contributed by atoms with E-state index in [-0.39, 0.29) is 13.1 Å². The highest BCUT2D eigenvalue weighted by Gasteiger charge is 2.30. The summed E-state index contributed by atoms with van der Waals surface area (Å²) in [4.78, 5) is 36.0. The summed E-state index contributed by atoms with van der Waals surface area (Å²) in [6.07, 6.45) is 0. The minimum atomic E-state index is -0.566. The lowest BCUT2D eigenvalue weighted by Crippen LogP contribution is -2.38. The number of hydrogen-bond donors (Lipinski definition) is 2. The fraction of sp³-hybridized carbons (Fsp3) is 0.118. The number of amides is 4. The predicted molar refractivity (Wildman–Crippen MR) is 86.7 cm³/mol. The molecule has 3 rings (SSSR count). The molecule has 0 unspecified atom stereocenters. The molecule has 1 saturated heterocycles. The zero-order valence-electron chi connectivity index (χ0n) is 12.7. The molecular formula is C17H15N3O4. The molecule has 1 aliphatic heterocycles. The number of rotatable bonds is 5. The van der Waals surface area contributed by atoms with Crippen LogP contribution in [0.2, 0.25) is 0 Å². The van der Waals surface area contributed by atoms with Gasteiger partial charge in [-0.1, -0.05) is 30.3 Å². The summed E-state index contributed by atoms with van der Waals surface area (Å²) in [6.45, 7) is -0.426. The van der Waals surface area contributed by atoms with Gasteiger partial charge in [-0.25, -0.2) is 4.79 Å². The molecule has 0 aromatic heterocycles. The Labute approximate surface area is 138 Å². The molecule has 2 aromatic carbocycles. The van der Waals surface area contributed by atoms with Crippen LogP contribution in [0.15, 0.2) is 54.6 Å². The Morgan fingerprint density at radius 2 is 1.79 bits per heavy atom. The van der Waals surface area contributed by atoms with Gasteiger partial charge in [0.25, 0.3) is 5.91 Å². The second-order valence-corrected chi connectivity index (χ2v) is 5.10. The number of nitrogens with one attached hydrogen (secondary N) is 2. The molecule has 4 amide bonds. The number of nitrogens with zero attached hydrogens (tertiary/aromatic N) is 1. The largest absolute Gasteiger partial charge is 0.455 e. The monoisotopic (exact) mass is 325 g/mol. The third-order valence-corrected chi connectivity index (χ3v) is 3.37. The van der Waals surface area contributed by atoms with Crippen molar-refractivity contribution in [1.29, 1.82) is 0 Å². The van der Waals surface area contributed by atoms with Gasteiger partial charge in [0.2, 0.25) is 5.91 Å². The SMILES string of the molecule is O=C(CN1C(=O)CNC1=O)Nc1ccccc1Oc1ccccc1. The first kappa shape index (κ1) is 15.5. The average Bonchev–Trinajstić information content (AvgIpc) is 2.89. The van der Waals surface area contributed by atoms with E-state index < -0.39 is 17.8 Å². The van der Waals surface area contributed by atoms with Gasteiger partial charge in [0.05, 0.1) is 12.2 Å². The van der Waals surface area contributed by atoms with E-state index in [0.717, 1.165) is 4.90 Å². The van der Waals surface area contributed by atoms with Crippen LogP contribution >= 0.6 is 0 Å². The van der Waals surface area contributed by atoms with Crippen molar-refractivity contribution in [3.63, 3.8) is 0 Å². The lowest BCUT2D eigenvalue weighted by atomic mass is 10.2. The summed E-state index contributed by atoms with van der Waals surface area (Å²) in [5.41, 5.74) is 0.457. The number of hydrogen-bond acceptors (Lipinski definition) is 4. The zero-order chi connectivity index (χ0) is 16.9. The standard InChI is InChI=1S/C17H15N3O4/c21-15(11-20-16(22)10-18-17(20)23)19-13-8-4-5-9-14(13)24-12-6-2-1-3-7-12/h1-9H,10-11H2,(H,18,23)(H,19,21). The van der Waals surface area contributed by atoms with Gasteiger partial charge in [0, 0.05) is 0 Å². The molecule has 0 saturated carbocycles. The van der Waals surface area contributed by atoms with Gasteiger partial charge >= 0.3 is 6.03 Å². The lowest BCUT2D eigenvalue weighted by Gasteiger charge is -2.14. The Hall–Kier alpha value is -3.35. The molecule has 122 valence electrons. The fourth-order valence-electron chi connectivity index (χ4n) is 2.22. The third-order valence-electron chi connectivity index (χ3n) is 3.37. The van der Waals surface area contributed by atoms with Crippen LogP contribution in [0.3, 0.4) is 0 Å². The number of imide groups is 1. The molecule has 0 aliphatic carbocycles. The van der Waals surface area contributed by atoms with Gasteiger partial charge in [-0.2, -0.15) is 0 Å². The Morgan fingerprint density at radius 3 is 2.50 bits per heavy atom. The van der Waals surface area contributed by atoms with Crippen molar-refractivity contribution in [2.45, 2.75) is 0 Å². The summed E-state index contributed by atoms with van der Waals surface area (Å²) in [7, 11) is 0. The molecule has 1 aliphatic rings. The van der Waals surface area contributed by atoms with E-state index in [2.05, 4.69) is 10.6 Å². The highest BCUT2D eigenvalue weighted by molar-refractivity contribution is 6.06. The number of carbonyl (C=O) groups excluding carboxylic acids is 3. The summed E-state index contributed by atoms with van der Waals surface area (Å²) >= 11 is 0. The zero-order valence-corrected chi connectivity index (χ0v) is 12.7. The highest BCUT2D eigenvalue weighted by Crippen LogP contribution is 2.29. The lowest BCUT2D eigenvalue weighted by molar-refractivity contribution is -0.128. The molecule has 0 spiro atoms. The molecule has 0 atom stereocenters. The van der Waals surface area contributed by atoms with Crippen molar-refractivity contribution in [3.8, 4) is 11.5 Å². The van der Waals surface area contributed by atoms with Crippen LogP contribution in [-0.2, 0) is 9.59 Å². The predicted octanol–water partition coefficient (Wildman–Crippen LogP) is 1.97. The van der Waals surface area contributed by atoms with E-state index in [1.54, 1.807) is 36.4 Å². The third kappa shape index (κ3) is 3.52. The van der Waals surface area contributed by atoms with Crippen molar-refractivity contribution in [1.82, 2.24) is 10.2 Å². The molecule has 0 radical (unpaired) electrons. The molecule has 1 fully saturated rings. The average molecular weight is 325 g/mol. The maximum atomic E-state index is 12.1. The van der Waals surface area contributed by atoms with Crippen molar-refractivity contribution < 1.29 is 19.1 Å². The van der Waals surface area contributed by atoms with Crippen LogP contribution in [0.5, 0.6) is 11.5 Å². The molecule has 2 N–H and O–H groups in total. The summed E-state index contributed by atoms with van der Waals surface area (Å²) < 4.78 is 5.75. The van der Waals surface area contributed by atoms with Crippen molar-refractivity contribution in [3.05, 3.63) is 54.6 Å². The molecular weight excluding hydrogens is 310 g/mol.